The summed E-state index contributed by atoms with van der Waals surface area (Å²) in [6.07, 6.45) is -2.92. The lowest BCUT2D eigenvalue weighted by Crippen LogP contribution is -2.42. The Labute approximate surface area is 231 Å². The average molecular weight is 600 g/mol. The van der Waals surface area contributed by atoms with Gasteiger partial charge in [-0.1, -0.05) is 11.6 Å². The van der Waals surface area contributed by atoms with E-state index in [9.17, 15) is 13.8 Å². The van der Waals surface area contributed by atoms with Gasteiger partial charge in [0, 0.05) is 11.4 Å². The van der Waals surface area contributed by atoms with E-state index < -0.39 is 49.9 Å². The third kappa shape index (κ3) is 4.76. The molecule has 0 spiro atoms. The van der Waals surface area contributed by atoms with Crippen molar-refractivity contribution in [2.75, 3.05) is 25.6 Å². The normalized spacial score (nSPS) is 31.6. The van der Waals surface area contributed by atoms with Gasteiger partial charge >= 0.3 is 14.0 Å². The van der Waals surface area contributed by atoms with Crippen LogP contribution in [0.1, 0.15) is 38.2 Å². The summed E-state index contributed by atoms with van der Waals surface area (Å²) in [5, 5.41) is 0.168. The smallest absolute Gasteiger partial charge is 0.476 e. The molecular weight excluding hydrogens is 576 g/mol. The quantitative estimate of drug-likeness (QED) is 0.305. The minimum Gasteiger partial charge on any atom is -0.476 e. The van der Waals surface area contributed by atoms with Crippen LogP contribution < -0.4 is 10.5 Å². The van der Waals surface area contributed by atoms with Gasteiger partial charge in [-0.25, -0.2) is 18.7 Å². The maximum Gasteiger partial charge on any atom is 0.509 e. The van der Waals surface area contributed by atoms with Crippen LogP contribution in [0.4, 0.5) is 15.1 Å². The zero-order valence-electron chi connectivity index (χ0n) is 21.2. The Morgan fingerprint density at radius 3 is 2.92 bits per heavy atom. The fraction of sp³-hybridized carbons (Fsp3) is 0.478. The van der Waals surface area contributed by atoms with Gasteiger partial charge in [-0.3, -0.25) is 18.1 Å². The Morgan fingerprint density at radius 2 is 2.15 bits per heavy atom. The number of hydrogen-bond donors (Lipinski definition) is 1. The number of carbonyl (C=O) groups is 1. The van der Waals surface area contributed by atoms with E-state index in [4.69, 9.17) is 49.9 Å². The van der Waals surface area contributed by atoms with E-state index in [2.05, 4.69) is 15.0 Å². The van der Waals surface area contributed by atoms with Gasteiger partial charge in [0.1, 0.15) is 18.2 Å². The zero-order chi connectivity index (χ0) is 28.2. The van der Waals surface area contributed by atoms with Crippen molar-refractivity contribution in [3.05, 3.63) is 40.9 Å². The molecule has 3 fully saturated rings. The SMILES string of the molecule is CCOc1nc(N)nc2ncn([C@@H]3O[C@H](CO[P@]4(=O)OCC[C@H](c5cc(F)cc(Cl)c5)O4)[C@H]4OC(=O)O[C@]43C)c12. The number of benzene rings is 1. The first kappa shape index (κ1) is 27.1. The predicted octanol–water partition coefficient (Wildman–Crippen LogP) is 4.09. The summed E-state index contributed by atoms with van der Waals surface area (Å²) < 4.78 is 68.2. The summed E-state index contributed by atoms with van der Waals surface area (Å²) in [7, 11) is -4.13. The highest BCUT2D eigenvalue weighted by atomic mass is 35.5. The first-order valence-corrected chi connectivity index (χ1v) is 14.1. The summed E-state index contributed by atoms with van der Waals surface area (Å²) in [5.74, 6) is -0.433. The molecule has 6 rings (SSSR count). The molecule has 0 radical (unpaired) electrons. The number of carbonyl (C=O) groups excluding carboxylic acids is 1. The second-order valence-corrected chi connectivity index (χ2v) is 11.5. The molecule has 6 atom stereocenters. The van der Waals surface area contributed by atoms with E-state index in [0.29, 0.717) is 17.5 Å². The van der Waals surface area contributed by atoms with Crippen LogP contribution in [0, 0.1) is 5.82 Å². The molecule has 0 aliphatic carbocycles. The first-order valence-electron chi connectivity index (χ1n) is 12.3. The molecule has 0 bridgehead atoms. The lowest BCUT2D eigenvalue weighted by Gasteiger charge is -2.30. The fourth-order valence-corrected chi connectivity index (χ4v) is 6.66. The number of anilines is 1. The van der Waals surface area contributed by atoms with Crippen molar-refractivity contribution in [2.24, 2.45) is 0 Å². The molecule has 2 N–H and O–H groups in total. The molecule has 214 valence electrons. The van der Waals surface area contributed by atoms with Crippen LogP contribution >= 0.6 is 19.4 Å². The van der Waals surface area contributed by atoms with Crippen molar-refractivity contribution in [3.63, 3.8) is 0 Å². The number of nitrogens with two attached hydrogens (primary N) is 1. The molecule has 0 unspecified atom stereocenters. The van der Waals surface area contributed by atoms with Gasteiger partial charge in [0.15, 0.2) is 29.1 Å². The number of phosphoric ester groups is 1. The van der Waals surface area contributed by atoms with Crippen molar-refractivity contribution in [1.29, 1.82) is 0 Å². The second-order valence-electron chi connectivity index (χ2n) is 9.41. The van der Waals surface area contributed by atoms with Gasteiger partial charge in [-0.05, 0) is 37.6 Å². The van der Waals surface area contributed by atoms with Crippen LogP contribution in [0.2, 0.25) is 5.02 Å². The van der Waals surface area contributed by atoms with E-state index in [-0.39, 0.29) is 42.3 Å². The molecule has 1 aromatic carbocycles. The molecule has 0 saturated carbocycles. The Kier molecular flexibility index (Phi) is 6.84. The zero-order valence-corrected chi connectivity index (χ0v) is 22.8. The summed E-state index contributed by atoms with van der Waals surface area (Å²) in [6.45, 7) is 3.34. The third-order valence-corrected chi connectivity index (χ3v) is 8.40. The van der Waals surface area contributed by atoms with Gasteiger partial charge < -0.3 is 24.7 Å². The van der Waals surface area contributed by atoms with Crippen molar-refractivity contribution < 1.29 is 46.3 Å². The lowest BCUT2D eigenvalue weighted by molar-refractivity contribution is -0.0924. The van der Waals surface area contributed by atoms with E-state index in [1.807, 2.05) is 0 Å². The molecule has 3 aliphatic rings. The number of halogens is 2. The number of ether oxygens (including phenoxy) is 4. The van der Waals surface area contributed by atoms with Crippen LogP contribution in [0.5, 0.6) is 5.88 Å². The molecular formula is C23H24ClFN5O9P. The average Bonchev–Trinajstić information content (AvgIpc) is 3.51. The summed E-state index contributed by atoms with van der Waals surface area (Å²) in [5.41, 5.74) is 5.42. The third-order valence-electron chi connectivity index (χ3n) is 6.71. The number of imidazole rings is 1. The molecule has 40 heavy (non-hydrogen) atoms. The second kappa shape index (κ2) is 10.1. The molecule has 3 aromatic rings. The topological polar surface area (TPSA) is 168 Å². The van der Waals surface area contributed by atoms with Crippen LogP contribution in [-0.2, 0) is 32.3 Å². The number of fused-ring (bicyclic) bond motifs is 2. The molecule has 3 saturated heterocycles. The fourth-order valence-electron chi connectivity index (χ4n) is 5.04. The summed E-state index contributed by atoms with van der Waals surface area (Å²) >= 11 is 5.97. The molecule has 5 heterocycles. The number of aromatic nitrogens is 4. The Morgan fingerprint density at radius 1 is 1.32 bits per heavy atom. The maximum absolute atomic E-state index is 13.9. The number of hydrogen-bond acceptors (Lipinski definition) is 13. The maximum atomic E-state index is 13.9. The lowest BCUT2D eigenvalue weighted by atomic mass is 9.96. The number of rotatable bonds is 7. The van der Waals surface area contributed by atoms with Gasteiger partial charge in [0.2, 0.25) is 11.8 Å². The van der Waals surface area contributed by atoms with Crippen molar-refractivity contribution in [3.8, 4) is 5.88 Å². The Bertz CT molecular complexity index is 1510. The van der Waals surface area contributed by atoms with Gasteiger partial charge in [0.25, 0.3) is 0 Å². The minimum absolute atomic E-state index is 0.0217. The standard InChI is InChI=1S/C23H24ClFN5O9P/c1-3-33-19-16-18(28-21(26)29-19)27-10-30(16)20-23(2)17(37-22(31)38-23)15(36-20)9-35-40(32)34-5-4-14(39-40)11-6-12(24)8-13(25)7-11/h6-8,10,14-15,17,20H,3-5,9H2,1-2H3,(H2,26,28,29)/t14-,15-,17-,20-,23-,40+/m1/s1. The van der Waals surface area contributed by atoms with Gasteiger partial charge in [-0.2, -0.15) is 9.97 Å². The monoisotopic (exact) mass is 599 g/mol. The van der Waals surface area contributed by atoms with Crippen molar-refractivity contribution >= 4 is 42.7 Å². The molecule has 0 amide bonds. The van der Waals surface area contributed by atoms with Crippen LogP contribution in [-0.4, -0.2) is 63.3 Å². The van der Waals surface area contributed by atoms with Crippen LogP contribution in [0.25, 0.3) is 11.2 Å². The van der Waals surface area contributed by atoms with E-state index in [0.717, 1.165) is 6.07 Å². The van der Waals surface area contributed by atoms with E-state index >= 15 is 0 Å². The van der Waals surface area contributed by atoms with Crippen LogP contribution in [0.15, 0.2) is 24.5 Å². The van der Waals surface area contributed by atoms with Crippen molar-refractivity contribution in [2.45, 2.75) is 50.4 Å². The number of nitrogens with zero attached hydrogens (tertiary/aromatic N) is 4. The number of nitrogen functional groups attached to an aromatic ring is 1. The highest BCUT2D eigenvalue weighted by Gasteiger charge is 2.64. The van der Waals surface area contributed by atoms with E-state index in [1.165, 1.54) is 18.5 Å². The van der Waals surface area contributed by atoms with E-state index in [1.54, 1.807) is 18.4 Å². The Balaban J connectivity index is 1.25. The molecule has 2 aromatic heterocycles. The summed E-state index contributed by atoms with van der Waals surface area (Å²) in [6, 6.07) is 3.90. The predicted molar refractivity (Wildman–Crippen MR) is 134 cm³/mol. The van der Waals surface area contributed by atoms with Gasteiger partial charge in [-0.15, -0.1) is 0 Å². The van der Waals surface area contributed by atoms with Crippen molar-refractivity contribution in [1.82, 2.24) is 19.5 Å². The molecule has 17 heteroatoms. The molecule has 3 aliphatic heterocycles. The number of phosphoric acid groups is 1. The minimum atomic E-state index is -4.13. The Hall–Kier alpha value is -3.07. The highest BCUT2D eigenvalue weighted by molar-refractivity contribution is 7.48. The highest BCUT2D eigenvalue weighted by Crippen LogP contribution is 2.58. The van der Waals surface area contributed by atoms with Gasteiger partial charge in [0.05, 0.1) is 25.9 Å². The van der Waals surface area contributed by atoms with Crippen LogP contribution in [0.3, 0.4) is 0 Å². The summed E-state index contributed by atoms with van der Waals surface area (Å²) in [4.78, 5) is 24.8. The largest absolute Gasteiger partial charge is 0.509 e. The first-order chi connectivity index (χ1) is 19.1. The molecule has 14 nitrogen and oxygen atoms in total.